The second-order valence-corrected chi connectivity index (χ2v) is 8.12. The van der Waals surface area contributed by atoms with Crippen molar-refractivity contribution in [2.75, 3.05) is 18.4 Å². The average Bonchev–Trinajstić information content (AvgIpc) is 2.47. The van der Waals surface area contributed by atoms with Crippen molar-refractivity contribution < 1.29 is 8.42 Å². The minimum atomic E-state index is -3.39. The summed E-state index contributed by atoms with van der Waals surface area (Å²) in [6.45, 7) is 3.35. The number of rotatable bonds is 6. The Bertz CT molecular complexity index is 536. The maximum Gasteiger partial charge on any atom is 0.279 e. The number of halogens is 1. The van der Waals surface area contributed by atoms with Gasteiger partial charge in [-0.05, 0) is 30.7 Å². The lowest BCUT2D eigenvalue weighted by Crippen LogP contribution is -2.49. The van der Waals surface area contributed by atoms with Crippen LogP contribution < -0.4 is 4.72 Å². The van der Waals surface area contributed by atoms with E-state index < -0.39 is 10.2 Å². The Hall–Kier alpha value is -0.430. The van der Waals surface area contributed by atoms with E-state index in [2.05, 4.69) is 27.6 Å². The summed E-state index contributed by atoms with van der Waals surface area (Å²) >= 11 is 3.42. The molecule has 1 aromatic carbocycles. The van der Waals surface area contributed by atoms with Gasteiger partial charge in [-0.2, -0.15) is 17.4 Å². The van der Waals surface area contributed by atoms with Crippen molar-refractivity contribution in [2.45, 2.75) is 32.2 Å². The molecule has 0 radical (unpaired) electrons. The van der Waals surface area contributed by atoms with E-state index in [4.69, 9.17) is 0 Å². The van der Waals surface area contributed by atoms with Crippen molar-refractivity contribution >= 4 is 26.1 Å². The van der Waals surface area contributed by atoms with Crippen molar-refractivity contribution in [3.05, 3.63) is 35.9 Å². The molecule has 118 valence electrons. The number of piperidine rings is 1. The van der Waals surface area contributed by atoms with E-state index in [1.54, 1.807) is 4.31 Å². The number of nitrogens with one attached hydrogen (secondary N) is 1. The molecule has 0 aromatic heterocycles. The predicted molar refractivity (Wildman–Crippen MR) is 89.8 cm³/mol. The number of hydrogen-bond donors (Lipinski definition) is 1. The zero-order chi connectivity index (χ0) is 15.3. The molecule has 1 N–H and O–H groups in total. The van der Waals surface area contributed by atoms with Crippen molar-refractivity contribution in [1.29, 1.82) is 0 Å². The van der Waals surface area contributed by atoms with Crippen LogP contribution in [0.3, 0.4) is 0 Å². The molecule has 1 saturated heterocycles. The molecule has 0 aliphatic carbocycles. The maximum absolute atomic E-state index is 12.5. The Labute approximate surface area is 136 Å². The Morgan fingerprint density at radius 1 is 1.38 bits per heavy atom. The van der Waals surface area contributed by atoms with Gasteiger partial charge >= 0.3 is 0 Å². The second kappa shape index (κ2) is 7.72. The van der Waals surface area contributed by atoms with Gasteiger partial charge in [-0.15, -0.1) is 0 Å². The van der Waals surface area contributed by atoms with Crippen molar-refractivity contribution in [1.82, 2.24) is 9.03 Å². The summed E-state index contributed by atoms with van der Waals surface area (Å²) in [4.78, 5) is 0. The molecule has 1 aliphatic rings. The van der Waals surface area contributed by atoms with Crippen LogP contribution in [0.25, 0.3) is 0 Å². The quantitative estimate of drug-likeness (QED) is 0.777. The molecule has 0 bridgehead atoms. The Morgan fingerprint density at radius 3 is 2.71 bits per heavy atom. The van der Waals surface area contributed by atoms with Crippen LogP contribution >= 0.6 is 15.9 Å². The third-order valence-electron chi connectivity index (χ3n) is 3.79. The van der Waals surface area contributed by atoms with Crippen LogP contribution in [0.2, 0.25) is 0 Å². The summed E-state index contributed by atoms with van der Waals surface area (Å²) in [7, 11) is -3.39. The van der Waals surface area contributed by atoms with Crippen LogP contribution in [-0.2, 0) is 16.6 Å². The van der Waals surface area contributed by atoms with Gasteiger partial charge in [-0.1, -0.05) is 53.2 Å². The van der Waals surface area contributed by atoms with E-state index in [0.29, 0.717) is 30.8 Å². The molecular weight excluding hydrogens is 352 g/mol. The molecular formula is C15H23BrN2O2S. The van der Waals surface area contributed by atoms with Crippen LogP contribution in [0.1, 0.15) is 25.3 Å². The largest absolute Gasteiger partial charge is 0.279 e. The minimum Gasteiger partial charge on any atom is -0.198 e. The normalized spacial score (nSPS) is 22.1. The van der Waals surface area contributed by atoms with E-state index >= 15 is 0 Å². The lowest BCUT2D eigenvalue weighted by Gasteiger charge is -2.31. The van der Waals surface area contributed by atoms with Gasteiger partial charge in [0.25, 0.3) is 10.2 Å². The second-order valence-electron chi connectivity index (χ2n) is 5.77. The monoisotopic (exact) mass is 374 g/mol. The van der Waals surface area contributed by atoms with Crippen LogP contribution in [0.5, 0.6) is 0 Å². The van der Waals surface area contributed by atoms with E-state index in [1.807, 2.05) is 30.3 Å². The zero-order valence-electron chi connectivity index (χ0n) is 12.3. The summed E-state index contributed by atoms with van der Waals surface area (Å²) in [5.74, 6) is 0.437. The fourth-order valence-electron chi connectivity index (χ4n) is 2.68. The highest BCUT2D eigenvalue weighted by molar-refractivity contribution is 9.09. The first-order chi connectivity index (χ1) is 10.0. The molecule has 0 saturated carbocycles. The molecule has 6 heteroatoms. The number of hydrogen-bond acceptors (Lipinski definition) is 2. The molecule has 1 heterocycles. The highest BCUT2D eigenvalue weighted by Gasteiger charge is 2.28. The molecule has 0 spiro atoms. The van der Waals surface area contributed by atoms with Gasteiger partial charge in [0.05, 0.1) is 0 Å². The minimum absolute atomic E-state index is 0.130. The Balaban J connectivity index is 1.99. The fraction of sp³-hybridized carbons (Fsp3) is 0.600. The lowest BCUT2D eigenvalue weighted by molar-refractivity contribution is 0.277. The molecule has 2 atom stereocenters. The highest BCUT2D eigenvalue weighted by Crippen LogP contribution is 2.18. The lowest BCUT2D eigenvalue weighted by atomic mass is 10.0. The molecule has 1 fully saturated rings. The van der Waals surface area contributed by atoms with Crippen molar-refractivity contribution in [3.63, 3.8) is 0 Å². The Morgan fingerprint density at radius 2 is 2.10 bits per heavy atom. The van der Waals surface area contributed by atoms with Gasteiger partial charge in [0.2, 0.25) is 0 Å². The van der Waals surface area contributed by atoms with Gasteiger partial charge in [0, 0.05) is 24.5 Å². The molecule has 2 rings (SSSR count). The highest BCUT2D eigenvalue weighted by atomic mass is 79.9. The van der Waals surface area contributed by atoms with Crippen LogP contribution in [-0.4, -0.2) is 37.2 Å². The van der Waals surface area contributed by atoms with Gasteiger partial charge in [0.15, 0.2) is 0 Å². The summed E-state index contributed by atoms with van der Waals surface area (Å²) in [5, 5.41) is 0.602. The first kappa shape index (κ1) is 16.9. The molecule has 4 nitrogen and oxygen atoms in total. The third kappa shape index (κ3) is 5.06. The smallest absolute Gasteiger partial charge is 0.198 e. The van der Waals surface area contributed by atoms with Gasteiger partial charge < -0.3 is 0 Å². The fourth-order valence-corrected chi connectivity index (χ4v) is 4.84. The summed E-state index contributed by atoms with van der Waals surface area (Å²) in [6, 6.07) is 9.82. The molecule has 1 aliphatic heterocycles. The van der Waals surface area contributed by atoms with Gasteiger partial charge in [0.1, 0.15) is 0 Å². The summed E-state index contributed by atoms with van der Waals surface area (Å²) < 4.78 is 29.4. The van der Waals surface area contributed by atoms with Gasteiger partial charge in [-0.3, -0.25) is 0 Å². The van der Waals surface area contributed by atoms with Crippen LogP contribution in [0.15, 0.2) is 30.3 Å². The van der Waals surface area contributed by atoms with Crippen molar-refractivity contribution in [2.24, 2.45) is 5.92 Å². The molecule has 1 aromatic rings. The summed E-state index contributed by atoms with van der Waals surface area (Å²) in [5.41, 5.74) is 1.14. The topological polar surface area (TPSA) is 49.4 Å². The molecule has 21 heavy (non-hydrogen) atoms. The van der Waals surface area contributed by atoms with E-state index in [-0.39, 0.29) is 6.04 Å². The number of benzene rings is 1. The summed E-state index contributed by atoms with van der Waals surface area (Å²) in [6.07, 6.45) is 2.74. The Kier molecular flexibility index (Phi) is 6.22. The van der Waals surface area contributed by atoms with E-state index in [1.165, 1.54) is 0 Å². The first-order valence-corrected chi connectivity index (χ1v) is 9.94. The van der Waals surface area contributed by atoms with Crippen LogP contribution in [0.4, 0.5) is 0 Å². The average molecular weight is 375 g/mol. The molecule has 2 unspecified atom stereocenters. The SMILES string of the molecule is CC1CCCN(S(=O)(=O)NC(CBr)Cc2ccccc2)C1. The number of nitrogens with zero attached hydrogens (tertiary/aromatic N) is 1. The maximum atomic E-state index is 12.5. The van der Waals surface area contributed by atoms with Crippen LogP contribution in [0, 0.1) is 5.92 Å². The van der Waals surface area contributed by atoms with E-state index in [9.17, 15) is 8.42 Å². The zero-order valence-corrected chi connectivity index (χ0v) is 14.7. The predicted octanol–water partition coefficient (Wildman–Crippen LogP) is 2.56. The first-order valence-electron chi connectivity index (χ1n) is 7.38. The van der Waals surface area contributed by atoms with E-state index in [0.717, 1.165) is 18.4 Å². The molecule has 0 amide bonds. The third-order valence-corrected chi connectivity index (χ3v) is 6.21. The number of alkyl halides is 1. The standard InChI is InChI=1S/C15H23BrN2O2S/c1-13-6-5-9-18(12-13)21(19,20)17-15(11-16)10-14-7-3-2-4-8-14/h2-4,7-8,13,15,17H,5-6,9-12H2,1H3. The van der Waals surface area contributed by atoms with Crippen molar-refractivity contribution in [3.8, 4) is 0 Å². The van der Waals surface area contributed by atoms with Gasteiger partial charge in [-0.25, -0.2) is 0 Å².